The maximum Gasteiger partial charge on any atom is 0.233 e. The second-order valence-corrected chi connectivity index (χ2v) is 3.07. The molecule has 0 saturated carbocycles. The van der Waals surface area contributed by atoms with E-state index in [2.05, 4.69) is 15.9 Å². The molecule has 0 unspecified atom stereocenters. The Labute approximate surface area is 74.8 Å². The third kappa shape index (κ3) is 2.17. The zero-order chi connectivity index (χ0) is 8.27. The summed E-state index contributed by atoms with van der Waals surface area (Å²) in [5.74, 6) is 0.154. The van der Waals surface area contributed by atoms with Crippen LogP contribution in [0.4, 0.5) is 0 Å². The van der Waals surface area contributed by atoms with Crippen molar-refractivity contribution in [3.63, 3.8) is 0 Å². The predicted molar refractivity (Wildman–Crippen MR) is 45.8 cm³/mol. The van der Waals surface area contributed by atoms with Crippen molar-refractivity contribution in [2.24, 2.45) is 0 Å². The number of nitrogens with zero attached hydrogens (tertiary/aromatic N) is 1. The Balaban J connectivity index is 2.13. The van der Waals surface area contributed by atoms with E-state index in [0.717, 1.165) is 19.7 Å². The topological polar surface area (TPSA) is 29.5 Å². The summed E-state index contributed by atoms with van der Waals surface area (Å²) in [4.78, 5) is 12.8. The van der Waals surface area contributed by atoms with E-state index in [4.69, 9.17) is 4.74 Å². The van der Waals surface area contributed by atoms with Crippen LogP contribution >= 0.6 is 15.9 Å². The lowest BCUT2D eigenvalue weighted by molar-refractivity contribution is -0.141. The van der Waals surface area contributed by atoms with Crippen LogP contribution in [0.5, 0.6) is 0 Å². The number of carbonyl (C=O) groups is 1. The molecule has 1 saturated heterocycles. The molecule has 1 amide bonds. The molecule has 0 atom stereocenters. The summed E-state index contributed by atoms with van der Waals surface area (Å²) < 4.78 is 5.29. The first kappa shape index (κ1) is 9.00. The molecule has 3 nitrogen and oxygen atoms in total. The Bertz CT molecular complexity index is 145. The highest BCUT2D eigenvalue weighted by Gasteiger charge is 2.29. The van der Waals surface area contributed by atoms with E-state index in [1.807, 2.05) is 6.92 Å². The minimum absolute atomic E-state index is 0.154. The van der Waals surface area contributed by atoms with E-state index in [1.54, 1.807) is 4.90 Å². The second kappa shape index (κ2) is 4.07. The first-order valence-corrected chi connectivity index (χ1v) is 4.85. The summed E-state index contributed by atoms with van der Waals surface area (Å²) >= 11 is 3.12. The Morgan fingerprint density at radius 3 is 2.82 bits per heavy atom. The van der Waals surface area contributed by atoms with Gasteiger partial charge in [0.05, 0.1) is 11.4 Å². The molecule has 0 aliphatic carbocycles. The fourth-order valence-electron chi connectivity index (χ4n) is 1.07. The molecule has 1 heterocycles. The third-order valence-electron chi connectivity index (χ3n) is 1.72. The standard InChI is InChI=1S/C7H12BrNO2/c1-2-11-6-4-9(5-6)7(10)3-8/h6H,2-5H2,1H3. The van der Waals surface area contributed by atoms with Crippen LogP contribution in [0.15, 0.2) is 0 Å². The van der Waals surface area contributed by atoms with Gasteiger partial charge in [0.1, 0.15) is 0 Å². The summed E-state index contributed by atoms with van der Waals surface area (Å²) in [6.45, 7) is 4.23. The zero-order valence-electron chi connectivity index (χ0n) is 6.55. The number of likely N-dealkylation sites (tertiary alicyclic amines) is 1. The normalized spacial score (nSPS) is 18.2. The Morgan fingerprint density at radius 1 is 1.73 bits per heavy atom. The highest BCUT2D eigenvalue weighted by Crippen LogP contribution is 2.11. The number of rotatable bonds is 3. The number of hydrogen-bond donors (Lipinski definition) is 0. The van der Waals surface area contributed by atoms with Gasteiger partial charge in [-0.05, 0) is 6.92 Å². The largest absolute Gasteiger partial charge is 0.375 e. The first-order chi connectivity index (χ1) is 5.27. The zero-order valence-corrected chi connectivity index (χ0v) is 8.13. The molecular weight excluding hydrogens is 210 g/mol. The Hall–Kier alpha value is -0.0900. The quantitative estimate of drug-likeness (QED) is 0.655. The molecule has 1 rings (SSSR count). The number of alkyl halides is 1. The molecule has 64 valence electrons. The highest BCUT2D eigenvalue weighted by atomic mass is 79.9. The monoisotopic (exact) mass is 221 g/mol. The SMILES string of the molecule is CCOC1CN(C(=O)CBr)C1. The van der Waals surface area contributed by atoms with Crippen LogP contribution in [-0.2, 0) is 9.53 Å². The molecule has 4 heteroatoms. The van der Waals surface area contributed by atoms with Crippen molar-refractivity contribution in [1.29, 1.82) is 0 Å². The van der Waals surface area contributed by atoms with Crippen LogP contribution in [0, 0.1) is 0 Å². The lowest BCUT2D eigenvalue weighted by Gasteiger charge is -2.38. The molecule has 1 fully saturated rings. The number of amides is 1. The number of ether oxygens (including phenoxy) is 1. The molecule has 0 aromatic carbocycles. The molecule has 0 N–H and O–H groups in total. The lowest BCUT2D eigenvalue weighted by atomic mass is 10.2. The number of halogens is 1. The first-order valence-electron chi connectivity index (χ1n) is 3.73. The van der Waals surface area contributed by atoms with Gasteiger partial charge >= 0.3 is 0 Å². The Morgan fingerprint density at radius 2 is 2.36 bits per heavy atom. The fourth-order valence-corrected chi connectivity index (χ4v) is 1.42. The van der Waals surface area contributed by atoms with Crippen molar-refractivity contribution < 1.29 is 9.53 Å². The van der Waals surface area contributed by atoms with E-state index in [0.29, 0.717) is 5.33 Å². The maximum atomic E-state index is 11.0. The molecule has 1 aliphatic heterocycles. The van der Waals surface area contributed by atoms with Gasteiger partial charge < -0.3 is 9.64 Å². The average Bonchev–Trinajstić information content (AvgIpc) is 1.94. The van der Waals surface area contributed by atoms with E-state index >= 15 is 0 Å². The van der Waals surface area contributed by atoms with Crippen molar-refractivity contribution in [3.8, 4) is 0 Å². The van der Waals surface area contributed by atoms with Gasteiger partial charge in [-0.1, -0.05) is 15.9 Å². The van der Waals surface area contributed by atoms with Crippen molar-refractivity contribution in [2.45, 2.75) is 13.0 Å². The summed E-state index contributed by atoms with van der Waals surface area (Å²) in [6, 6.07) is 0. The summed E-state index contributed by atoms with van der Waals surface area (Å²) in [6.07, 6.45) is 0.281. The van der Waals surface area contributed by atoms with Gasteiger partial charge in [0.15, 0.2) is 0 Å². The summed E-state index contributed by atoms with van der Waals surface area (Å²) in [5.41, 5.74) is 0. The smallest absolute Gasteiger partial charge is 0.233 e. The van der Waals surface area contributed by atoms with Crippen LogP contribution in [0.1, 0.15) is 6.92 Å². The minimum atomic E-state index is 0.154. The molecule has 11 heavy (non-hydrogen) atoms. The van der Waals surface area contributed by atoms with E-state index < -0.39 is 0 Å². The number of carbonyl (C=O) groups excluding carboxylic acids is 1. The molecule has 0 spiro atoms. The van der Waals surface area contributed by atoms with Crippen molar-refractivity contribution in [2.75, 3.05) is 25.0 Å². The molecule has 0 aromatic heterocycles. The molecule has 0 radical (unpaired) electrons. The maximum absolute atomic E-state index is 11.0. The van der Waals surface area contributed by atoms with Crippen molar-refractivity contribution in [1.82, 2.24) is 4.90 Å². The minimum Gasteiger partial charge on any atom is -0.375 e. The van der Waals surface area contributed by atoms with E-state index in [1.165, 1.54) is 0 Å². The lowest BCUT2D eigenvalue weighted by Crippen LogP contribution is -2.55. The summed E-state index contributed by atoms with van der Waals surface area (Å²) in [5, 5.41) is 0.422. The third-order valence-corrected chi connectivity index (χ3v) is 2.20. The van der Waals surface area contributed by atoms with Gasteiger partial charge in [0.2, 0.25) is 5.91 Å². The van der Waals surface area contributed by atoms with Crippen molar-refractivity contribution in [3.05, 3.63) is 0 Å². The van der Waals surface area contributed by atoms with E-state index in [-0.39, 0.29) is 12.0 Å². The molecule has 0 bridgehead atoms. The van der Waals surface area contributed by atoms with Gasteiger partial charge in [-0.2, -0.15) is 0 Å². The average molecular weight is 222 g/mol. The summed E-state index contributed by atoms with van der Waals surface area (Å²) in [7, 11) is 0. The number of hydrogen-bond acceptors (Lipinski definition) is 2. The van der Waals surface area contributed by atoms with Gasteiger partial charge in [0, 0.05) is 19.7 Å². The van der Waals surface area contributed by atoms with Crippen molar-refractivity contribution >= 4 is 21.8 Å². The van der Waals surface area contributed by atoms with Gasteiger partial charge in [-0.25, -0.2) is 0 Å². The van der Waals surface area contributed by atoms with Gasteiger partial charge in [-0.3, -0.25) is 4.79 Å². The Kier molecular flexibility index (Phi) is 3.33. The molecular formula is C7H12BrNO2. The van der Waals surface area contributed by atoms with Crippen LogP contribution in [0.25, 0.3) is 0 Å². The fraction of sp³-hybridized carbons (Fsp3) is 0.857. The van der Waals surface area contributed by atoms with Gasteiger partial charge in [0.25, 0.3) is 0 Å². The van der Waals surface area contributed by atoms with Crippen LogP contribution in [0.3, 0.4) is 0 Å². The predicted octanol–water partition coefficient (Wildman–Crippen LogP) is 0.629. The molecule has 1 aliphatic rings. The van der Waals surface area contributed by atoms with E-state index in [9.17, 15) is 4.79 Å². The van der Waals surface area contributed by atoms with Crippen LogP contribution in [0.2, 0.25) is 0 Å². The second-order valence-electron chi connectivity index (χ2n) is 2.51. The van der Waals surface area contributed by atoms with Gasteiger partial charge in [-0.15, -0.1) is 0 Å². The highest BCUT2D eigenvalue weighted by molar-refractivity contribution is 9.09. The molecule has 0 aromatic rings. The van der Waals surface area contributed by atoms with Crippen LogP contribution < -0.4 is 0 Å². The van der Waals surface area contributed by atoms with Crippen LogP contribution in [-0.4, -0.2) is 41.9 Å².